The molecule has 1 aromatic carbocycles. The molecule has 0 saturated heterocycles. The first-order valence-corrected chi connectivity index (χ1v) is 7.55. The Morgan fingerprint density at radius 3 is 2.58 bits per heavy atom. The lowest BCUT2D eigenvalue weighted by Crippen LogP contribution is -2.23. The van der Waals surface area contributed by atoms with E-state index in [0.29, 0.717) is 0 Å². The van der Waals surface area contributed by atoms with E-state index in [9.17, 15) is 13.2 Å². The second kappa shape index (κ2) is 5.49. The second-order valence-electron chi connectivity index (χ2n) is 3.60. The molecule has 0 spiro atoms. The second-order valence-corrected chi connectivity index (χ2v) is 6.50. The summed E-state index contributed by atoms with van der Waals surface area (Å²) in [6, 6.07) is 6.06. The van der Waals surface area contributed by atoms with Crippen molar-refractivity contribution in [1.82, 2.24) is 15.2 Å². The van der Waals surface area contributed by atoms with E-state index < -0.39 is 21.5 Å². The van der Waals surface area contributed by atoms with Gasteiger partial charge in [-0.3, -0.25) is 10.1 Å². The lowest BCUT2D eigenvalue weighted by atomic mass is 10.4. The fraction of sp³-hybridized carbons (Fsp3) is 0.100. The predicted octanol–water partition coefficient (Wildman–Crippen LogP) is 0.980. The molecule has 9 heteroatoms. The van der Waals surface area contributed by atoms with E-state index in [1.54, 1.807) is 12.1 Å². The van der Waals surface area contributed by atoms with E-state index in [0.717, 1.165) is 4.47 Å². The van der Waals surface area contributed by atoms with E-state index in [2.05, 4.69) is 36.4 Å². The van der Waals surface area contributed by atoms with Gasteiger partial charge in [-0.05, 0) is 24.3 Å². The summed E-state index contributed by atoms with van der Waals surface area (Å²) < 4.78 is 24.7. The Balaban J connectivity index is 2.09. The van der Waals surface area contributed by atoms with Gasteiger partial charge < -0.3 is 0 Å². The zero-order valence-corrected chi connectivity index (χ0v) is 11.9. The fourth-order valence-corrected chi connectivity index (χ4v) is 2.73. The summed E-state index contributed by atoms with van der Waals surface area (Å²) in [6.45, 7) is 0. The average Bonchev–Trinajstić information content (AvgIpc) is 2.81. The van der Waals surface area contributed by atoms with Crippen LogP contribution in [0.4, 0.5) is 5.95 Å². The Morgan fingerprint density at radius 2 is 2.00 bits per heavy atom. The number of hydrogen-bond acceptors (Lipinski definition) is 5. The van der Waals surface area contributed by atoms with Crippen LogP contribution in [0.1, 0.15) is 0 Å². The molecule has 100 valence electrons. The van der Waals surface area contributed by atoms with Gasteiger partial charge in [0.05, 0.1) is 4.90 Å². The number of aromatic nitrogens is 3. The number of carbonyl (C=O) groups is 1. The van der Waals surface area contributed by atoms with Gasteiger partial charge in [0.2, 0.25) is 11.9 Å². The summed E-state index contributed by atoms with van der Waals surface area (Å²) in [7, 11) is -3.67. The molecule has 2 N–H and O–H groups in total. The van der Waals surface area contributed by atoms with Gasteiger partial charge in [-0.2, -0.15) is 10.1 Å². The number of amides is 1. The molecular weight excluding hydrogens is 336 g/mol. The maximum atomic E-state index is 12.0. The van der Waals surface area contributed by atoms with Gasteiger partial charge in [0.1, 0.15) is 12.1 Å². The fourth-order valence-electron chi connectivity index (χ4n) is 1.33. The first kappa shape index (κ1) is 13.7. The van der Waals surface area contributed by atoms with Gasteiger partial charge in [0, 0.05) is 4.47 Å². The number of H-pyrrole nitrogens is 1. The molecule has 1 heterocycles. The van der Waals surface area contributed by atoms with Crippen molar-refractivity contribution in [3.05, 3.63) is 35.1 Å². The number of benzene rings is 1. The first-order chi connectivity index (χ1) is 8.97. The van der Waals surface area contributed by atoms with Gasteiger partial charge in [-0.25, -0.2) is 13.5 Å². The van der Waals surface area contributed by atoms with Gasteiger partial charge in [0.25, 0.3) is 0 Å². The van der Waals surface area contributed by atoms with Crippen LogP contribution in [-0.4, -0.2) is 35.3 Å². The number of anilines is 1. The Morgan fingerprint density at radius 1 is 1.32 bits per heavy atom. The standard InChI is InChI=1S/C10H9BrN4O3S/c11-7-1-3-8(4-2-7)19(17,18)5-9(16)14-10-12-6-13-15-10/h1-4,6H,5H2,(H2,12,13,14,15,16). The van der Waals surface area contributed by atoms with Crippen LogP contribution in [0.2, 0.25) is 0 Å². The van der Waals surface area contributed by atoms with Crippen LogP contribution < -0.4 is 5.32 Å². The average molecular weight is 345 g/mol. The van der Waals surface area contributed by atoms with Crippen LogP contribution in [0, 0.1) is 0 Å². The predicted molar refractivity (Wildman–Crippen MR) is 71.2 cm³/mol. The van der Waals surface area contributed by atoms with E-state index in [-0.39, 0.29) is 10.8 Å². The van der Waals surface area contributed by atoms with Crippen molar-refractivity contribution in [1.29, 1.82) is 0 Å². The number of nitrogens with zero attached hydrogens (tertiary/aromatic N) is 2. The van der Waals surface area contributed by atoms with E-state index in [1.807, 2.05) is 0 Å². The van der Waals surface area contributed by atoms with Crippen LogP contribution >= 0.6 is 15.9 Å². The molecule has 0 saturated carbocycles. The molecule has 7 nitrogen and oxygen atoms in total. The topological polar surface area (TPSA) is 105 Å². The maximum absolute atomic E-state index is 12.0. The van der Waals surface area contributed by atoms with Crippen LogP contribution in [-0.2, 0) is 14.6 Å². The minimum Gasteiger partial charge on any atom is -0.294 e. The van der Waals surface area contributed by atoms with Crippen molar-refractivity contribution < 1.29 is 13.2 Å². The number of carbonyl (C=O) groups excluding carboxylic acids is 1. The van der Waals surface area contributed by atoms with Crippen LogP contribution in [0.3, 0.4) is 0 Å². The summed E-state index contributed by atoms with van der Waals surface area (Å²) >= 11 is 3.21. The van der Waals surface area contributed by atoms with Crippen molar-refractivity contribution in [2.75, 3.05) is 11.1 Å². The van der Waals surface area contributed by atoms with Crippen LogP contribution in [0.25, 0.3) is 0 Å². The highest BCUT2D eigenvalue weighted by Crippen LogP contribution is 2.16. The molecule has 19 heavy (non-hydrogen) atoms. The van der Waals surface area contributed by atoms with E-state index in [4.69, 9.17) is 0 Å². The molecule has 0 radical (unpaired) electrons. The van der Waals surface area contributed by atoms with Crippen molar-refractivity contribution in [3.8, 4) is 0 Å². The lowest BCUT2D eigenvalue weighted by molar-refractivity contribution is -0.113. The number of aromatic amines is 1. The normalized spacial score (nSPS) is 11.2. The number of nitrogens with one attached hydrogen (secondary N) is 2. The van der Waals surface area contributed by atoms with Crippen LogP contribution in [0.15, 0.2) is 40.0 Å². The minimum absolute atomic E-state index is 0.0865. The number of sulfone groups is 1. The van der Waals surface area contributed by atoms with Crippen LogP contribution in [0.5, 0.6) is 0 Å². The summed E-state index contributed by atoms with van der Waals surface area (Å²) in [5, 5.41) is 8.24. The van der Waals surface area contributed by atoms with Gasteiger partial charge in [-0.1, -0.05) is 15.9 Å². The van der Waals surface area contributed by atoms with Gasteiger partial charge >= 0.3 is 0 Å². The molecule has 0 atom stereocenters. The largest absolute Gasteiger partial charge is 0.294 e. The maximum Gasteiger partial charge on any atom is 0.242 e. The van der Waals surface area contributed by atoms with Gasteiger partial charge in [-0.15, -0.1) is 0 Å². The monoisotopic (exact) mass is 344 g/mol. The van der Waals surface area contributed by atoms with E-state index >= 15 is 0 Å². The van der Waals surface area contributed by atoms with Crippen molar-refractivity contribution in [2.45, 2.75) is 4.90 Å². The third kappa shape index (κ3) is 3.61. The minimum atomic E-state index is -3.67. The van der Waals surface area contributed by atoms with E-state index in [1.165, 1.54) is 18.5 Å². The third-order valence-electron chi connectivity index (χ3n) is 2.17. The molecule has 2 aromatic rings. The first-order valence-electron chi connectivity index (χ1n) is 5.11. The summed E-state index contributed by atoms with van der Waals surface area (Å²) in [4.78, 5) is 15.3. The molecule has 0 aliphatic heterocycles. The quantitative estimate of drug-likeness (QED) is 0.859. The Bertz CT molecular complexity index is 667. The van der Waals surface area contributed by atoms with Crippen molar-refractivity contribution >= 4 is 37.6 Å². The highest BCUT2D eigenvalue weighted by Gasteiger charge is 2.19. The van der Waals surface area contributed by atoms with Crippen molar-refractivity contribution in [3.63, 3.8) is 0 Å². The summed E-state index contributed by atoms with van der Waals surface area (Å²) in [6.07, 6.45) is 1.21. The lowest BCUT2D eigenvalue weighted by Gasteiger charge is -2.04. The summed E-state index contributed by atoms with van der Waals surface area (Å²) in [5.74, 6) is -1.23. The zero-order valence-electron chi connectivity index (χ0n) is 9.50. The number of rotatable bonds is 4. The third-order valence-corrected chi connectivity index (χ3v) is 4.33. The molecule has 0 fully saturated rings. The Kier molecular flexibility index (Phi) is 3.96. The highest BCUT2D eigenvalue weighted by atomic mass is 79.9. The SMILES string of the molecule is O=C(CS(=O)(=O)c1ccc(Br)cc1)Nc1ncn[nH]1. The number of hydrogen-bond donors (Lipinski definition) is 2. The smallest absolute Gasteiger partial charge is 0.242 e. The molecule has 1 aromatic heterocycles. The Labute approximate surface area is 117 Å². The highest BCUT2D eigenvalue weighted by molar-refractivity contribution is 9.10. The molecule has 1 amide bonds. The molecule has 0 unspecified atom stereocenters. The van der Waals surface area contributed by atoms with Crippen molar-refractivity contribution in [2.24, 2.45) is 0 Å². The summed E-state index contributed by atoms with van der Waals surface area (Å²) in [5.41, 5.74) is 0. The molecule has 0 bridgehead atoms. The molecular formula is C10H9BrN4O3S. The zero-order chi connectivity index (χ0) is 13.9. The molecule has 0 aliphatic rings. The molecule has 2 rings (SSSR count). The van der Waals surface area contributed by atoms with Gasteiger partial charge in [0.15, 0.2) is 9.84 Å². The Hall–Kier alpha value is -1.74. The number of halogens is 1. The molecule has 0 aliphatic carbocycles.